The van der Waals surface area contributed by atoms with Crippen LogP contribution in [-0.4, -0.2) is 27.3 Å². The number of fused-ring (bicyclic) bond motifs is 1. The first-order valence-corrected chi connectivity index (χ1v) is 9.01. The number of likely N-dealkylation sites (tertiary alicyclic amines) is 1. The summed E-state index contributed by atoms with van der Waals surface area (Å²) in [7, 11) is 0. The Kier molecular flexibility index (Phi) is 3.87. The number of para-hydroxylation sites is 2. The maximum absolute atomic E-state index is 12.8. The highest BCUT2D eigenvalue weighted by Gasteiger charge is 2.30. The van der Waals surface area contributed by atoms with E-state index >= 15 is 0 Å². The van der Waals surface area contributed by atoms with Crippen LogP contribution in [0.4, 0.5) is 0 Å². The minimum atomic E-state index is 0.0716. The number of H-pyrrole nitrogens is 1. The smallest absolute Gasteiger partial charge is 0.227 e. The van der Waals surface area contributed by atoms with E-state index in [0.717, 1.165) is 48.2 Å². The molecule has 1 atom stereocenters. The van der Waals surface area contributed by atoms with E-state index in [-0.39, 0.29) is 11.9 Å². The predicted molar refractivity (Wildman–Crippen MR) is 92.4 cm³/mol. The van der Waals surface area contributed by atoms with Crippen LogP contribution in [0.1, 0.15) is 36.7 Å². The van der Waals surface area contributed by atoms with E-state index in [9.17, 15) is 4.79 Å². The predicted octanol–water partition coefficient (Wildman–Crippen LogP) is 3.92. The van der Waals surface area contributed by atoms with Crippen molar-refractivity contribution < 1.29 is 4.79 Å². The molecular formula is C18H19N3OS. The Hall–Kier alpha value is -2.14. The van der Waals surface area contributed by atoms with Crippen LogP contribution in [0.5, 0.6) is 0 Å². The molecule has 1 aromatic carbocycles. The van der Waals surface area contributed by atoms with Crippen molar-refractivity contribution in [3.63, 3.8) is 0 Å². The van der Waals surface area contributed by atoms with Gasteiger partial charge in [-0.15, -0.1) is 0 Å². The molecule has 1 fully saturated rings. The molecule has 1 aliphatic rings. The minimum absolute atomic E-state index is 0.0716. The van der Waals surface area contributed by atoms with Gasteiger partial charge < -0.3 is 9.88 Å². The zero-order valence-electron chi connectivity index (χ0n) is 12.9. The summed E-state index contributed by atoms with van der Waals surface area (Å²) in [6.45, 7) is 0.824. The molecule has 0 aliphatic carbocycles. The minimum Gasteiger partial charge on any atom is -0.340 e. The Morgan fingerprint density at radius 3 is 3.04 bits per heavy atom. The quantitative estimate of drug-likeness (QED) is 0.793. The molecule has 1 amide bonds. The molecular weight excluding hydrogens is 306 g/mol. The van der Waals surface area contributed by atoms with E-state index in [2.05, 4.69) is 10.4 Å². The molecule has 23 heavy (non-hydrogen) atoms. The molecule has 2 aromatic heterocycles. The lowest BCUT2D eigenvalue weighted by Crippen LogP contribution is -2.39. The monoisotopic (exact) mass is 325 g/mol. The van der Waals surface area contributed by atoms with Crippen LogP contribution >= 0.6 is 11.3 Å². The number of imidazole rings is 1. The molecule has 3 heterocycles. The fourth-order valence-corrected chi connectivity index (χ4v) is 3.98. The third-order valence-corrected chi connectivity index (χ3v) is 5.21. The van der Waals surface area contributed by atoms with Crippen LogP contribution in [0.3, 0.4) is 0 Å². The number of rotatable bonds is 3. The third kappa shape index (κ3) is 2.88. The third-order valence-electron chi connectivity index (χ3n) is 4.48. The van der Waals surface area contributed by atoms with Gasteiger partial charge in [0.15, 0.2) is 0 Å². The van der Waals surface area contributed by atoms with Crippen molar-refractivity contribution in [2.24, 2.45) is 0 Å². The van der Waals surface area contributed by atoms with Gasteiger partial charge in [-0.25, -0.2) is 4.98 Å². The lowest BCUT2D eigenvalue weighted by molar-refractivity contribution is -0.134. The van der Waals surface area contributed by atoms with E-state index in [4.69, 9.17) is 4.98 Å². The van der Waals surface area contributed by atoms with Crippen LogP contribution in [0.15, 0.2) is 41.1 Å². The molecule has 0 saturated carbocycles. The van der Waals surface area contributed by atoms with E-state index in [1.54, 1.807) is 11.3 Å². The van der Waals surface area contributed by atoms with Crippen molar-refractivity contribution in [3.05, 3.63) is 52.5 Å². The van der Waals surface area contributed by atoms with Crippen molar-refractivity contribution in [3.8, 4) is 0 Å². The lowest BCUT2D eigenvalue weighted by atomic mass is 10.0. The second-order valence-electron chi connectivity index (χ2n) is 6.05. The Bertz CT molecular complexity index is 776. The average molecular weight is 325 g/mol. The highest BCUT2D eigenvalue weighted by Crippen LogP contribution is 2.31. The van der Waals surface area contributed by atoms with E-state index in [0.29, 0.717) is 6.42 Å². The maximum atomic E-state index is 12.8. The van der Waals surface area contributed by atoms with Crippen molar-refractivity contribution in [2.45, 2.75) is 31.7 Å². The number of thiophene rings is 1. The van der Waals surface area contributed by atoms with Crippen LogP contribution < -0.4 is 0 Å². The van der Waals surface area contributed by atoms with Crippen LogP contribution in [0.2, 0.25) is 0 Å². The first kappa shape index (κ1) is 14.5. The fourth-order valence-electron chi connectivity index (χ4n) is 3.31. The number of aromatic amines is 1. The molecule has 1 saturated heterocycles. The standard InChI is InChI=1S/C18H19N3OS/c22-17(11-13-8-10-23-12-13)21-9-4-3-7-16(21)18-19-14-5-1-2-6-15(14)20-18/h1-2,5-6,8,10,12,16H,3-4,7,9,11H2,(H,19,20). The highest BCUT2D eigenvalue weighted by molar-refractivity contribution is 7.08. The number of hydrogen-bond acceptors (Lipinski definition) is 3. The van der Waals surface area contributed by atoms with Crippen molar-refractivity contribution >= 4 is 28.3 Å². The number of nitrogens with one attached hydrogen (secondary N) is 1. The van der Waals surface area contributed by atoms with E-state index in [1.165, 1.54) is 0 Å². The number of benzene rings is 1. The number of amides is 1. The van der Waals surface area contributed by atoms with Gasteiger partial charge in [0.2, 0.25) is 5.91 Å². The molecule has 0 bridgehead atoms. The van der Waals surface area contributed by atoms with Gasteiger partial charge in [-0.2, -0.15) is 11.3 Å². The van der Waals surface area contributed by atoms with Crippen molar-refractivity contribution in [1.82, 2.24) is 14.9 Å². The Morgan fingerprint density at radius 2 is 2.22 bits per heavy atom. The second kappa shape index (κ2) is 6.16. The van der Waals surface area contributed by atoms with E-state index < -0.39 is 0 Å². The molecule has 1 N–H and O–H groups in total. The summed E-state index contributed by atoms with van der Waals surface area (Å²) in [5, 5.41) is 4.08. The number of nitrogens with zero attached hydrogens (tertiary/aromatic N) is 2. The van der Waals surface area contributed by atoms with Gasteiger partial charge in [0.25, 0.3) is 0 Å². The summed E-state index contributed by atoms with van der Waals surface area (Å²) < 4.78 is 0. The number of carbonyl (C=O) groups is 1. The molecule has 0 radical (unpaired) electrons. The summed E-state index contributed by atoms with van der Waals surface area (Å²) in [5.74, 6) is 1.12. The van der Waals surface area contributed by atoms with Crippen LogP contribution in [0.25, 0.3) is 11.0 Å². The van der Waals surface area contributed by atoms with Gasteiger partial charge in [-0.05, 0) is 53.8 Å². The lowest BCUT2D eigenvalue weighted by Gasteiger charge is -2.34. The Balaban J connectivity index is 1.60. The van der Waals surface area contributed by atoms with Gasteiger partial charge in [0.1, 0.15) is 5.82 Å². The number of aromatic nitrogens is 2. The maximum Gasteiger partial charge on any atom is 0.227 e. The fraction of sp³-hybridized carbons (Fsp3) is 0.333. The second-order valence-corrected chi connectivity index (χ2v) is 6.83. The van der Waals surface area contributed by atoms with Gasteiger partial charge >= 0.3 is 0 Å². The first-order chi connectivity index (χ1) is 11.3. The summed E-state index contributed by atoms with van der Waals surface area (Å²) in [4.78, 5) is 22.9. The first-order valence-electron chi connectivity index (χ1n) is 8.06. The molecule has 0 spiro atoms. The summed E-state index contributed by atoms with van der Waals surface area (Å²) >= 11 is 1.64. The largest absolute Gasteiger partial charge is 0.340 e. The molecule has 118 valence electrons. The number of carbonyl (C=O) groups excluding carboxylic acids is 1. The average Bonchev–Trinajstić information content (AvgIpc) is 3.23. The van der Waals surface area contributed by atoms with Gasteiger partial charge in [-0.1, -0.05) is 12.1 Å². The van der Waals surface area contributed by atoms with Gasteiger partial charge in [0, 0.05) is 6.54 Å². The molecule has 1 unspecified atom stereocenters. The summed E-state index contributed by atoms with van der Waals surface area (Å²) in [6, 6.07) is 10.1. The Morgan fingerprint density at radius 1 is 1.30 bits per heavy atom. The van der Waals surface area contributed by atoms with Crippen molar-refractivity contribution in [1.29, 1.82) is 0 Å². The van der Waals surface area contributed by atoms with Crippen LogP contribution in [-0.2, 0) is 11.2 Å². The highest BCUT2D eigenvalue weighted by atomic mass is 32.1. The molecule has 4 nitrogen and oxygen atoms in total. The topological polar surface area (TPSA) is 49.0 Å². The van der Waals surface area contributed by atoms with Crippen LogP contribution in [0, 0.1) is 0 Å². The zero-order chi connectivity index (χ0) is 15.6. The Labute approximate surface area is 139 Å². The SMILES string of the molecule is O=C(Cc1ccsc1)N1CCCCC1c1nc2ccccc2[nH]1. The molecule has 4 rings (SSSR count). The van der Waals surface area contributed by atoms with Gasteiger partial charge in [0.05, 0.1) is 23.5 Å². The molecule has 1 aliphatic heterocycles. The normalized spacial score (nSPS) is 18.4. The summed E-state index contributed by atoms with van der Waals surface area (Å²) in [6.07, 6.45) is 3.69. The summed E-state index contributed by atoms with van der Waals surface area (Å²) in [5.41, 5.74) is 3.12. The molecule has 5 heteroatoms. The number of piperidine rings is 1. The molecule has 3 aromatic rings. The van der Waals surface area contributed by atoms with Gasteiger partial charge in [-0.3, -0.25) is 4.79 Å². The van der Waals surface area contributed by atoms with E-state index in [1.807, 2.05) is 40.6 Å². The zero-order valence-corrected chi connectivity index (χ0v) is 13.7. The van der Waals surface area contributed by atoms with Crippen molar-refractivity contribution in [2.75, 3.05) is 6.54 Å². The number of hydrogen-bond donors (Lipinski definition) is 1.